The van der Waals surface area contributed by atoms with E-state index in [1.165, 1.54) is 6.08 Å². The molecule has 0 radical (unpaired) electrons. The molecule has 0 aromatic carbocycles. The average molecular weight is 168 g/mol. The summed E-state index contributed by atoms with van der Waals surface area (Å²) in [6, 6.07) is 0. The van der Waals surface area contributed by atoms with Gasteiger partial charge in [0.05, 0.1) is 5.92 Å². The summed E-state index contributed by atoms with van der Waals surface area (Å²) in [5, 5.41) is 9.74. The van der Waals surface area contributed by atoms with Crippen molar-refractivity contribution in [3.05, 3.63) is 24.3 Å². The van der Waals surface area contributed by atoms with E-state index in [0.29, 0.717) is 12.9 Å². The molecule has 2 unspecified atom stereocenters. The quantitative estimate of drug-likeness (QED) is 0.497. The number of hydrogen-bond acceptors (Lipinski definition) is 3. The third kappa shape index (κ3) is 1.62. The lowest BCUT2D eigenvalue weighted by Crippen LogP contribution is -2.39. The Balaban J connectivity index is 2.78. The Morgan fingerprint density at radius 1 is 1.67 bits per heavy atom. The maximum atomic E-state index is 10.5. The molecule has 1 N–H and O–H groups in total. The largest absolute Gasteiger partial charge is 0.361 e. The van der Waals surface area contributed by atoms with Gasteiger partial charge in [0, 0.05) is 6.61 Å². The van der Waals surface area contributed by atoms with Crippen LogP contribution in [0.1, 0.15) is 6.92 Å². The summed E-state index contributed by atoms with van der Waals surface area (Å²) in [4.78, 5) is 10.5. The molecule has 0 spiro atoms. The summed E-state index contributed by atoms with van der Waals surface area (Å²) in [6.07, 6.45) is 7.15. The van der Waals surface area contributed by atoms with Crippen molar-refractivity contribution in [2.24, 2.45) is 5.92 Å². The van der Waals surface area contributed by atoms with Crippen LogP contribution in [0.15, 0.2) is 24.3 Å². The standard InChI is InChI=1S/C9H12O3/c1-2-12-9(11)6-4-3-5-8(9)7-10/h3-8,11H,2H2,1H3. The van der Waals surface area contributed by atoms with Gasteiger partial charge < -0.3 is 14.6 Å². The van der Waals surface area contributed by atoms with Gasteiger partial charge in [0.25, 0.3) is 0 Å². The molecule has 0 aliphatic heterocycles. The average Bonchev–Trinajstić information content (AvgIpc) is 2.05. The molecular formula is C9H12O3. The molecule has 3 heteroatoms. The van der Waals surface area contributed by atoms with Crippen molar-refractivity contribution < 1.29 is 14.6 Å². The molecular weight excluding hydrogens is 156 g/mol. The van der Waals surface area contributed by atoms with Crippen molar-refractivity contribution in [1.29, 1.82) is 0 Å². The summed E-state index contributed by atoms with van der Waals surface area (Å²) in [6.45, 7) is 2.14. The summed E-state index contributed by atoms with van der Waals surface area (Å²) in [7, 11) is 0. The first kappa shape index (κ1) is 9.16. The highest BCUT2D eigenvalue weighted by Gasteiger charge is 2.34. The Morgan fingerprint density at radius 2 is 2.42 bits per heavy atom. The van der Waals surface area contributed by atoms with Gasteiger partial charge in [-0.25, -0.2) is 0 Å². The van der Waals surface area contributed by atoms with Gasteiger partial charge in [-0.05, 0) is 13.0 Å². The number of ether oxygens (including phenoxy) is 1. The van der Waals surface area contributed by atoms with E-state index in [1.807, 2.05) is 0 Å². The molecule has 1 aliphatic rings. The Labute approximate surface area is 71.3 Å². The van der Waals surface area contributed by atoms with Crippen LogP contribution in [0.4, 0.5) is 0 Å². The van der Waals surface area contributed by atoms with Crippen molar-refractivity contribution in [2.45, 2.75) is 12.7 Å². The molecule has 0 saturated heterocycles. The third-order valence-electron chi connectivity index (χ3n) is 1.76. The molecule has 1 rings (SSSR count). The van der Waals surface area contributed by atoms with Crippen molar-refractivity contribution in [3.63, 3.8) is 0 Å². The highest BCUT2D eigenvalue weighted by atomic mass is 16.6. The molecule has 0 aromatic rings. The Kier molecular flexibility index (Phi) is 2.78. The van der Waals surface area contributed by atoms with Crippen molar-refractivity contribution in [3.8, 4) is 0 Å². The van der Waals surface area contributed by atoms with Crippen LogP contribution < -0.4 is 0 Å². The molecule has 0 bridgehead atoms. The summed E-state index contributed by atoms with van der Waals surface area (Å²) >= 11 is 0. The van der Waals surface area contributed by atoms with Gasteiger partial charge in [-0.1, -0.05) is 18.2 Å². The molecule has 0 saturated carbocycles. The number of aliphatic hydroxyl groups is 1. The fourth-order valence-corrected chi connectivity index (χ4v) is 1.14. The van der Waals surface area contributed by atoms with Crippen molar-refractivity contribution in [1.82, 2.24) is 0 Å². The van der Waals surface area contributed by atoms with Crippen LogP contribution >= 0.6 is 0 Å². The van der Waals surface area contributed by atoms with E-state index >= 15 is 0 Å². The van der Waals surface area contributed by atoms with Gasteiger partial charge in [0.1, 0.15) is 6.29 Å². The zero-order valence-electron chi connectivity index (χ0n) is 6.93. The number of rotatable bonds is 3. The van der Waals surface area contributed by atoms with Crippen LogP contribution in [0.3, 0.4) is 0 Å². The number of carbonyl (C=O) groups excluding carboxylic acids is 1. The van der Waals surface area contributed by atoms with Crippen LogP contribution in [0.5, 0.6) is 0 Å². The van der Waals surface area contributed by atoms with Crippen molar-refractivity contribution in [2.75, 3.05) is 6.61 Å². The van der Waals surface area contributed by atoms with E-state index in [4.69, 9.17) is 4.74 Å². The second-order valence-electron chi connectivity index (χ2n) is 2.59. The van der Waals surface area contributed by atoms with Crippen LogP contribution in [0.2, 0.25) is 0 Å². The molecule has 66 valence electrons. The van der Waals surface area contributed by atoms with E-state index in [-0.39, 0.29) is 0 Å². The normalized spacial score (nSPS) is 33.7. The first-order valence-electron chi connectivity index (χ1n) is 3.90. The lowest BCUT2D eigenvalue weighted by Gasteiger charge is -2.29. The smallest absolute Gasteiger partial charge is 0.198 e. The van der Waals surface area contributed by atoms with Gasteiger partial charge in [-0.3, -0.25) is 0 Å². The predicted octanol–water partition coefficient (Wildman–Crippen LogP) is 0.653. The Hall–Kier alpha value is -0.930. The molecule has 0 aromatic heterocycles. The van der Waals surface area contributed by atoms with E-state index in [0.717, 1.165) is 0 Å². The fourth-order valence-electron chi connectivity index (χ4n) is 1.14. The fraction of sp³-hybridized carbons (Fsp3) is 0.444. The maximum Gasteiger partial charge on any atom is 0.198 e. The molecule has 3 nitrogen and oxygen atoms in total. The molecule has 0 fully saturated rings. The predicted molar refractivity (Wildman–Crippen MR) is 44.4 cm³/mol. The minimum atomic E-state index is -1.44. The van der Waals surface area contributed by atoms with E-state index < -0.39 is 11.7 Å². The Bertz CT molecular complexity index is 220. The van der Waals surface area contributed by atoms with Crippen LogP contribution in [0.25, 0.3) is 0 Å². The lowest BCUT2D eigenvalue weighted by atomic mass is 9.95. The minimum absolute atomic E-state index is 0.374. The van der Waals surface area contributed by atoms with Gasteiger partial charge in [0.2, 0.25) is 0 Å². The Morgan fingerprint density at radius 3 is 3.00 bits per heavy atom. The number of allylic oxidation sites excluding steroid dienone is 2. The number of hydrogen-bond donors (Lipinski definition) is 1. The van der Waals surface area contributed by atoms with Crippen LogP contribution in [0, 0.1) is 5.92 Å². The first-order chi connectivity index (χ1) is 5.73. The number of aldehydes is 1. The van der Waals surface area contributed by atoms with E-state index in [1.54, 1.807) is 25.2 Å². The van der Waals surface area contributed by atoms with Gasteiger partial charge in [-0.2, -0.15) is 0 Å². The molecule has 2 atom stereocenters. The maximum absolute atomic E-state index is 10.5. The summed E-state index contributed by atoms with van der Waals surface area (Å²) in [5.74, 6) is -2.03. The molecule has 1 aliphatic carbocycles. The molecule has 12 heavy (non-hydrogen) atoms. The second kappa shape index (κ2) is 3.65. The highest BCUT2D eigenvalue weighted by molar-refractivity contribution is 5.60. The highest BCUT2D eigenvalue weighted by Crippen LogP contribution is 2.23. The second-order valence-corrected chi connectivity index (χ2v) is 2.59. The third-order valence-corrected chi connectivity index (χ3v) is 1.76. The lowest BCUT2D eigenvalue weighted by molar-refractivity contribution is -0.186. The zero-order chi connectivity index (χ0) is 9.03. The monoisotopic (exact) mass is 168 g/mol. The molecule has 0 amide bonds. The molecule has 0 heterocycles. The minimum Gasteiger partial charge on any atom is -0.361 e. The number of carbonyl (C=O) groups is 1. The van der Waals surface area contributed by atoms with Gasteiger partial charge in [-0.15, -0.1) is 0 Å². The van der Waals surface area contributed by atoms with E-state index in [9.17, 15) is 9.90 Å². The zero-order valence-corrected chi connectivity index (χ0v) is 6.93. The van der Waals surface area contributed by atoms with Gasteiger partial charge >= 0.3 is 0 Å². The summed E-state index contributed by atoms with van der Waals surface area (Å²) in [5.41, 5.74) is 0. The SMILES string of the molecule is CCOC1(O)C=CC=CC1C=O. The van der Waals surface area contributed by atoms with Crippen molar-refractivity contribution >= 4 is 6.29 Å². The van der Waals surface area contributed by atoms with Crippen LogP contribution in [-0.4, -0.2) is 23.8 Å². The summed E-state index contributed by atoms with van der Waals surface area (Å²) < 4.78 is 5.06. The van der Waals surface area contributed by atoms with E-state index in [2.05, 4.69) is 0 Å². The first-order valence-corrected chi connectivity index (χ1v) is 3.90. The van der Waals surface area contributed by atoms with Gasteiger partial charge in [0.15, 0.2) is 5.79 Å². The topological polar surface area (TPSA) is 46.5 Å². The van der Waals surface area contributed by atoms with Crippen LogP contribution in [-0.2, 0) is 9.53 Å².